The lowest BCUT2D eigenvalue weighted by Gasteiger charge is -2.21. The second-order valence-electron chi connectivity index (χ2n) is 4.95. The summed E-state index contributed by atoms with van der Waals surface area (Å²) < 4.78 is 5.34. The predicted molar refractivity (Wildman–Crippen MR) is 61.9 cm³/mol. The normalized spacial score (nSPS) is 18.8. The van der Waals surface area contributed by atoms with Crippen LogP contribution >= 0.6 is 0 Å². The first-order chi connectivity index (χ1) is 7.60. The van der Waals surface area contributed by atoms with E-state index in [4.69, 9.17) is 10.3 Å². The molecule has 0 aliphatic heterocycles. The van der Waals surface area contributed by atoms with E-state index in [0.29, 0.717) is 11.7 Å². The maximum absolute atomic E-state index is 6.24. The number of nitrogens with zero attached hydrogens (tertiary/aromatic N) is 2. The first-order valence-corrected chi connectivity index (χ1v) is 6.23. The summed E-state index contributed by atoms with van der Waals surface area (Å²) in [6, 6.07) is 0. The number of hydrogen-bond acceptors (Lipinski definition) is 4. The first kappa shape index (κ1) is 11.6. The van der Waals surface area contributed by atoms with E-state index in [1.165, 1.54) is 12.8 Å². The van der Waals surface area contributed by atoms with Gasteiger partial charge in [-0.2, -0.15) is 4.98 Å². The van der Waals surface area contributed by atoms with Crippen molar-refractivity contribution in [2.24, 2.45) is 11.7 Å². The van der Waals surface area contributed by atoms with Gasteiger partial charge in [0.1, 0.15) is 0 Å². The van der Waals surface area contributed by atoms with Gasteiger partial charge in [-0.05, 0) is 31.6 Å². The van der Waals surface area contributed by atoms with Crippen molar-refractivity contribution < 1.29 is 4.52 Å². The molecule has 90 valence electrons. The molecule has 1 aromatic heterocycles. The second kappa shape index (κ2) is 4.17. The lowest BCUT2D eigenvalue weighted by atomic mass is 9.93. The summed E-state index contributed by atoms with van der Waals surface area (Å²) >= 11 is 0. The number of nitrogens with two attached hydrogens (primary N) is 1. The molecule has 0 saturated heterocycles. The van der Waals surface area contributed by atoms with Gasteiger partial charge in [-0.3, -0.25) is 0 Å². The van der Waals surface area contributed by atoms with Gasteiger partial charge in [0.25, 0.3) is 0 Å². The minimum atomic E-state index is -0.426. The first-order valence-electron chi connectivity index (χ1n) is 6.23. The molecular formula is C12H21N3O. The van der Waals surface area contributed by atoms with Crippen LogP contribution in [-0.2, 0) is 5.54 Å². The van der Waals surface area contributed by atoms with Crippen molar-refractivity contribution in [3.05, 3.63) is 11.7 Å². The molecule has 0 bridgehead atoms. The fourth-order valence-corrected chi connectivity index (χ4v) is 1.99. The monoisotopic (exact) mass is 223 g/mol. The Balaban J connectivity index is 2.17. The molecule has 0 spiro atoms. The number of aromatic nitrogens is 2. The molecule has 0 amide bonds. The molecule has 1 aromatic rings. The number of rotatable bonds is 5. The quantitative estimate of drug-likeness (QED) is 0.833. The summed E-state index contributed by atoms with van der Waals surface area (Å²) in [6.07, 6.45) is 4.24. The molecule has 0 radical (unpaired) electrons. The topological polar surface area (TPSA) is 64.9 Å². The summed E-state index contributed by atoms with van der Waals surface area (Å²) in [5.41, 5.74) is 5.81. The fourth-order valence-electron chi connectivity index (χ4n) is 1.99. The van der Waals surface area contributed by atoms with E-state index in [1.54, 1.807) is 0 Å². The molecule has 16 heavy (non-hydrogen) atoms. The Hall–Kier alpha value is -0.900. The fraction of sp³-hybridized carbons (Fsp3) is 0.833. The third-order valence-corrected chi connectivity index (χ3v) is 3.87. The van der Waals surface area contributed by atoms with Crippen LogP contribution in [0.5, 0.6) is 0 Å². The van der Waals surface area contributed by atoms with Gasteiger partial charge >= 0.3 is 0 Å². The van der Waals surface area contributed by atoms with Crippen LogP contribution in [0.15, 0.2) is 4.52 Å². The molecule has 1 aliphatic rings. The van der Waals surface area contributed by atoms with Gasteiger partial charge in [0, 0.05) is 5.92 Å². The van der Waals surface area contributed by atoms with Crippen molar-refractivity contribution >= 4 is 0 Å². The smallest absolute Gasteiger partial charge is 0.229 e. The van der Waals surface area contributed by atoms with Crippen LogP contribution in [-0.4, -0.2) is 10.1 Å². The average molecular weight is 223 g/mol. The maximum atomic E-state index is 6.24. The van der Waals surface area contributed by atoms with Gasteiger partial charge in [0.05, 0.1) is 5.54 Å². The van der Waals surface area contributed by atoms with Gasteiger partial charge in [-0.25, -0.2) is 0 Å². The molecule has 2 rings (SSSR count). The van der Waals surface area contributed by atoms with Crippen molar-refractivity contribution in [1.29, 1.82) is 0 Å². The Kier molecular flexibility index (Phi) is 3.02. The van der Waals surface area contributed by atoms with Crippen LogP contribution in [0, 0.1) is 5.92 Å². The van der Waals surface area contributed by atoms with Gasteiger partial charge in [0.2, 0.25) is 5.89 Å². The van der Waals surface area contributed by atoms with E-state index >= 15 is 0 Å². The standard InChI is InChI=1S/C12H21N3O/c1-4-12(13,5-2)11-14-10(16-15-11)8(3)9-6-7-9/h8-9H,4-7,13H2,1-3H3. The van der Waals surface area contributed by atoms with Gasteiger partial charge in [-0.15, -0.1) is 0 Å². The summed E-state index contributed by atoms with van der Waals surface area (Å²) in [5, 5.41) is 4.05. The molecule has 1 saturated carbocycles. The van der Waals surface area contributed by atoms with E-state index in [-0.39, 0.29) is 0 Å². The predicted octanol–water partition coefficient (Wildman–Crippen LogP) is 2.56. The Labute approximate surface area is 96.6 Å². The van der Waals surface area contributed by atoms with Crippen LogP contribution in [0.1, 0.15) is 64.1 Å². The third kappa shape index (κ3) is 1.98. The molecule has 1 heterocycles. The summed E-state index contributed by atoms with van der Waals surface area (Å²) in [5.74, 6) is 2.55. The van der Waals surface area contributed by atoms with Crippen molar-refractivity contribution in [2.45, 2.75) is 57.9 Å². The average Bonchev–Trinajstić information content (AvgIpc) is 3.04. The van der Waals surface area contributed by atoms with E-state index in [2.05, 4.69) is 30.9 Å². The third-order valence-electron chi connectivity index (χ3n) is 3.87. The lowest BCUT2D eigenvalue weighted by molar-refractivity contribution is 0.322. The van der Waals surface area contributed by atoms with Crippen LogP contribution < -0.4 is 5.73 Å². The largest absolute Gasteiger partial charge is 0.339 e. The van der Waals surface area contributed by atoms with Gasteiger partial charge in [-0.1, -0.05) is 25.9 Å². The highest BCUT2D eigenvalue weighted by Crippen LogP contribution is 2.41. The van der Waals surface area contributed by atoms with Gasteiger partial charge < -0.3 is 10.3 Å². The van der Waals surface area contributed by atoms with Gasteiger partial charge in [0.15, 0.2) is 5.82 Å². The van der Waals surface area contributed by atoms with Crippen LogP contribution in [0.2, 0.25) is 0 Å². The van der Waals surface area contributed by atoms with E-state index in [0.717, 1.165) is 24.7 Å². The molecule has 1 aliphatic carbocycles. The highest BCUT2D eigenvalue weighted by molar-refractivity contribution is 5.06. The molecule has 4 heteroatoms. The van der Waals surface area contributed by atoms with Crippen molar-refractivity contribution in [3.63, 3.8) is 0 Å². The van der Waals surface area contributed by atoms with Crippen LogP contribution in [0.25, 0.3) is 0 Å². The Morgan fingerprint density at radius 3 is 2.56 bits per heavy atom. The van der Waals surface area contributed by atoms with E-state index in [9.17, 15) is 0 Å². The molecule has 1 atom stereocenters. The second-order valence-corrected chi connectivity index (χ2v) is 4.95. The van der Waals surface area contributed by atoms with E-state index < -0.39 is 5.54 Å². The zero-order chi connectivity index (χ0) is 11.8. The summed E-state index contributed by atoms with van der Waals surface area (Å²) in [4.78, 5) is 4.48. The van der Waals surface area contributed by atoms with E-state index in [1.807, 2.05) is 0 Å². The maximum Gasteiger partial charge on any atom is 0.229 e. The highest BCUT2D eigenvalue weighted by Gasteiger charge is 2.35. The zero-order valence-electron chi connectivity index (χ0n) is 10.4. The zero-order valence-corrected chi connectivity index (χ0v) is 10.4. The lowest BCUT2D eigenvalue weighted by Crippen LogP contribution is -2.36. The molecule has 1 fully saturated rings. The summed E-state index contributed by atoms with van der Waals surface area (Å²) in [7, 11) is 0. The van der Waals surface area contributed by atoms with Crippen molar-refractivity contribution in [2.75, 3.05) is 0 Å². The van der Waals surface area contributed by atoms with Crippen molar-refractivity contribution in [1.82, 2.24) is 10.1 Å². The minimum absolute atomic E-state index is 0.388. The molecular weight excluding hydrogens is 202 g/mol. The minimum Gasteiger partial charge on any atom is -0.339 e. The molecule has 4 nitrogen and oxygen atoms in total. The molecule has 2 N–H and O–H groups in total. The highest BCUT2D eigenvalue weighted by atomic mass is 16.5. The molecule has 0 aromatic carbocycles. The van der Waals surface area contributed by atoms with Crippen molar-refractivity contribution in [3.8, 4) is 0 Å². The molecule has 1 unspecified atom stereocenters. The van der Waals surface area contributed by atoms with Crippen LogP contribution in [0.4, 0.5) is 0 Å². The Morgan fingerprint density at radius 2 is 2.06 bits per heavy atom. The summed E-state index contributed by atoms with van der Waals surface area (Å²) in [6.45, 7) is 6.28. The Morgan fingerprint density at radius 1 is 1.44 bits per heavy atom. The SMILES string of the molecule is CCC(N)(CC)c1noc(C(C)C2CC2)n1. The number of hydrogen-bond donors (Lipinski definition) is 1. The van der Waals surface area contributed by atoms with Crippen LogP contribution in [0.3, 0.4) is 0 Å². The Bertz CT molecular complexity index is 353.